The summed E-state index contributed by atoms with van der Waals surface area (Å²) in [6.07, 6.45) is 1.35. The Kier molecular flexibility index (Phi) is 5.65. The zero-order chi connectivity index (χ0) is 24.9. The highest BCUT2D eigenvalue weighted by molar-refractivity contribution is 6.04. The Morgan fingerprint density at radius 3 is 2.60 bits per heavy atom. The molecule has 0 unspecified atom stereocenters. The van der Waals surface area contributed by atoms with Gasteiger partial charge in [-0.2, -0.15) is 18.3 Å². The number of carbonyl (C=O) groups excluding carboxylic acids is 1. The number of alkyl halides is 3. The first-order valence-electron chi connectivity index (χ1n) is 11.3. The average Bonchev–Trinajstić information content (AvgIpc) is 3.50. The van der Waals surface area contributed by atoms with E-state index in [1.807, 2.05) is 31.0 Å². The first kappa shape index (κ1) is 23.1. The molecule has 2 saturated heterocycles. The van der Waals surface area contributed by atoms with Crippen molar-refractivity contribution < 1.29 is 22.7 Å². The number of amides is 1. The molecule has 0 radical (unpaired) electrons. The number of fused-ring (bicyclic) bond motifs is 2. The van der Waals surface area contributed by atoms with Gasteiger partial charge in [0.1, 0.15) is 11.6 Å². The van der Waals surface area contributed by atoms with Crippen LogP contribution in [-0.2, 0) is 13.2 Å². The predicted octanol–water partition coefficient (Wildman–Crippen LogP) is 4.07. The minimum atomic E-state index is -4.54. The number of rotatable bonds is 5. The number of anilines is 1. The molecule has 184 valence electrons. The molecule has 2 bridgehead atoms. The zero-order valence-corrected chi connectivity index (χ0v) is 19.5. The lowest BCUT2D eigenvalue weighted by molar-refractivity contribution is -0.141. The number of methoxy groups -OCH3 is 1. The summed E-state index contributed by atoms with van der Waals surface area (Å²) in [5.41, 5.74) is 1.97. The third-order valence-electron chi connectivity index (χ3n) is 6.88. The van der Waals surface area contributed by atoms with Crippen LogP contribution >= 0.6 is 0 Å². The molecular formula is C24H25F3N6O2. The summed E-state index contributed by atoms with van der Waals surface area (Å²) in [4.78, 5) is 23.3. The van der Waals surface area contributed by atoms with Gasteiger partial charge in [0, 0.05) is 18.7 Å². The topological polar surface area (TPSA) is 85.2 Å². The first-order chi connectivity index (χ1) is 16.7. The van der Waals surface area contributed by atoms with Crippen molar-refractivity contribution in [1.82, 2.24) is 24.6 Å². The Hall–Kier alpha value is -3.63. The van der Waals surface area contributed by atoms with E-state index in [-0.39, 0.29) is 29.9 Å². The van der Waals surface area contributed by atoms with Crippen LogP contribution in [0, 0.1) is 6.92 Å². The van der Waals surface area contributed by atoms with E-state index in [9.17, 15) is 18.0 Å². The van der Waals surface area contributed by atoms with Crippen LogP contribution in [-0.4, -0.2) is 55.8 Å². The SMILES string of the molecule is COc1cccc(-c2c(C)cnn2C)c1C(=O)N1[C@@H]2CC[C@H]1[C@H](Nc1cnc(C(F)(F)F)cn1)C2. The molecule has 11 heteroatoms. The summed E-state index contributed by atoms with van der Waals surface area (Å²) in [7, 11) is 3.37. The van der Waals surface area contributed by atoms with Gasteiger partial charge in [-0.25, -0.2) is 9.97 Å². The zero-order valence-electron chi connectivity index (χ0n) is 19.5. The van der Waals surface area contributed by atoms with Gasteiger partial charge in [-0.3, -0.25) is 9.48 Å². The number of hydrogen-bond acceptors (Lipinski definition) is 6. The second-order valence-corrected chi connectivity index (χ2v) is 8.96. The predicted molar refractivity (Wildman–Crippen MR) is 122 cm³/mol. The van der Waals surface area contributed by atoms with Crippen LogP contribution in [0.25, 0.3) is 11.3 Å². The number of aryl methyl sites for hydroxylation is 2. The maximum atomic E-state index is 14.0. The molecule has 35 heavy (non-hydrogen) atoms. The Labute approximate surface area is 200 Å². The second kappa shape index (κ2) is 8.54. The van der Waals surface area contributed by atoms with E-state index in [4.69, 9.17) is 4.74 Å². The van der Waals surface area contributed by atoms with Gasteiger partial charge in [0.2, 0.25) is 0 Å². The third kappa shape index (κ3) is 3.98. The van der Waals surface area contributed by atoms with E-state index in [2.05, 4.69) is 20.4 Å². The van der Waals surface area contributed by atoms with E-state index >= 15 is 0 Å². The molecule has 8 nitrogen and oxygen atoms in total. The molecule has 0 aliphatic carbocycles. The fourth-order valence-corrected chi connectivity index (χ4v) is 5.38. The molecule has 3 atom stereocenters. The van der Waals surface area contributed by atoms with E-state index in [1.54, 1.807) is 16.9 Å². The maximum Gasteiger partial charge on any atom is 0.434 e. The third-order valence-corrected chi connectivity index (χ3v) is 6.88. The molecule has 1 N–H and O–H groups in total. The normalized spacial score (nSPS) is 21.4. The molecule has 1 amide bonds. The Morgan fingerprint density at radius 2 is 1.97 bits per heavy atom. The molecule has 2 fully saturated rings. The molecule has 4 heterocycles. The summed E-state index contributed by atoms with van der Waals surface area (Å²) >= 11 is 0. The maximum absolute atomic E-state index is 14.0. The van der Waals surface area contributed by atoms with Crippen molar-refractivity contribution in [2.45, 2.75) is 50.5 Å². The van der Waals surface area contributed by atoms with Gasteiger partial charge in [-0.15, -0.1) is 0 Å². The molecule has 3 aromatic rings. The van der Waals surface area contributed by atoms with Gasteiger partial charge < -0.3 is 15.0 Å². The van der Waals surface area contributed by atoms with Gasteiger partial charge in [0.15, 0.2) is 5.69 Å². The number of nitrogens with one attached hydrogen (secondary N) is 1. The van der Waals surface area contributed by atoms with Crippen LogP contribution in [0.4, 0.5) is 19.0 Å². The summed E-state index contributed by atoms with van der Waals surface area (Å²) in [5.74, 6) is 0.609. The van der Waals surface area contributed by atoms with Crippen LogP contribution in [0.3, 0.4) is 0 Å². The van der Waals surface area contributed by atoms with Crippen LogP contribution in [0.15, 0.2) is 36.8 Å². The number of benzene rings is 1. The van der Waals surface area contributed by atoms with Gasteiger partial charge in [0.05, 0.1) is 49.0 Å². The highest BCUT2D eigenvalue weighted by Gasteiger charge is 2.49. The Morgan fingerprint density at radius 1 is 1.17 bits per heavy atom. The fourth-order valence-electron chi connectivity index (χ4n) is 5.38. The van der Waals surface area contributed by atoms with Crippen molar-refractivity contribution in [3.05, 3.63) is 53.6 Å². The molecule has 2 aliphatic rings. The molecule has 2 aromatic heterocycles. The monoisotopic (exact) mass is 486 g/mol. The standard InChI is InChI=1S/C24H25F3N6O2/c1-13-10-30-32(2)22(13)15-5-4-6-18(35-3)21(15)23(34)33-14-7-8-17(33)16(9-14)31-20-12-28-19(11-29-20)24(25,26)27/h4-6,10-12,14,16-17H,7-9H2,1-3H3,(H,29,31)/t14-,16-,17+/m1/s1. The minimum absolute atomic E-state index is 0.0119. The van der Waals surface area contributed by atoms with Crippen LogP contribution in [0.5, 0.6) is 5.75 Å². The van der Waals surface area contributed by atoms with Gasteiger partial charge >= 0.3 is 6.18 Å². The number of hydrogen-bond donors (Lipinski definition) is 1. The van der Waals surface area contributed by atoms with Crippen molar-refractivity contribution >= 4 is 11.7 Å². The van der Waals surface area contributed by atoms with Crippen molar-refractivity contribution in [3.63, 3.8) is 0 Å². The average molecular weight is 486 g/mol. The van der Waals surface area contributed by atoms with Crippen molar-refractivity contribution in [2.75, 3.05) is 12.4 Å². The van der Waals surface area contributed by atoms with E-state index in [0.717, 1.165) is 42.1 Å². The molecular weight excluding hydrogens is 461 g/mol. The van der Waals surface area contributed by atoms with Crippen LogP contribution < -0.4 is 10.1 Å². The van der Waals surface area contributed by atoms with Crippen molar-refractivity contribution in [2.24, 2.45) is 7.05 Å². The lowest BCUT2D eigenvalue weighted by atomic mass is 9.95. The molecule has 2 aliphatic heterocycles. The Bertz CT molecular complexity index is 1240. The number of carbonyl (C=O) groups is 1. The van der Waals surface area contributed by atoms with Crippen molar-refractivity contribution in [3.8, 4) is 17.0 Å². The largest absolute Gasteiger partial charge is 0.496 e. The summed E-state index contributed by atoms with van der Waals surface area (Å²) < 4.78 is 45.8. The smallest absolute Gasteiger partial charge is 0.434 e. The summed E-state index contributed by atoms with van der Waals surface area (Å²) in [6.45, 7) is 1.95. The first-order valence-corrected chi connectivity index (χ1v) is 11.3. The quantitative estimate of drug-likeness (QED) is 0.585. The van der Waals surface area contributed by atoms with E-state index < -0.39 is 11.9 Å². The number of aromatic nitrogens is 4. The lowest BCUT2D eigenvalue weighted by Gasteiger charge is -2.27. The summed E-state index contributed by atoms with van der Waals surface area (Å²) in [6, 6.07) is 5.27. The molecule has 0 spiro atoms. The van der Waals surface area contributed by atoms with E-state index in [0.29, 0.717) is 17.7 Å². The number of ether oxygens (including phenoxy) is 1. The highest BCUT2D eigenvalue weighted by Crippen LogP contribution is 2.42. The van der Waals surface area contributed by atoms with Gasteiger partial charge in [-0.05, 0) is 37.8 Å². The second-order valence-electron chi connectivity index (χ2n) is 8.96. The molecule has 5 rings (SSSR count). The fraction of sp³-hybridized carbons (Fsp3) is 0.417. The van der Waals surface area contributed by atoms with Crippen molar-refractivity contribution in [1.29, 1.82) is 0 Å². The molecule has 1 aromatic carbocycles. The summed E-state index contributed by atoms with van der Waals surface area (Å²) in [5, 5.41) is 7.52. The van der Waals surface area contributed by atoms with Crippen LogP contribution in [0.2, 0.25) is 0 Å². The van der Waals surface area contributed by atoms with Gasteiger partial charge in [0.25, 0.3) is 5.91 Å². The van der Waals surface area contributed by atoms with Gasteiger partial charge in [-0.1, -0.05) is 12.1 Å². The minimum Gasteiger partial charge on any atom is -0.496 e. The molecule has 0 saturated carbocycles. The number of halogens is 3. The highest BCUT2D eigenvalue weighted by atomic mass is 19.4. The van der Waals surface area contributed by atoms with Crippen LogP contribution in [0.1, 0.15) is 40.9 Å². The van der Waals surface area contributed by atoms with E-state index in [1.165, 1.54) is 7.11 Å². The number of nitrogens with zero attached hydrogens (tertiary/aromatic N) is 5. The Balaban J connectivity index is 1.44. The lowest BCUT2D eigenvalue weighted by Crippen LogP contribution is -2.40.